The van der Waals surface area contributed by atoms with Crippen LogP contribution in [0.1, 0.15) is 30.2 Å². The molecule has 1 aromatic carbocycles. The predicted molar refractivity (Wildman–Crippen MR) is 122 cm³/mol. The van der Waals surface area contributed by atoms with Crippen LogP contribution in [-0.4, -0.2) is 36.5 Å². The number of piperidine rings is 1. The minimum absolute atomic E-state index is 0. The maximum absolute atomic E-state index is 4.73. The van der Waals surface area contributed by atoms with Gasteiger partial charge in [0.25, 0.3) is 0 Å². The smallest absolute Gasteiger partial charge is 0.191 e. The molecule has 1 saturated heterocycles. The lowest BCUT2D eigenvalue weighted by Crippen LogP contribution is -2.48. The molecule has 142 valence electrons. The van der Waals surface area contributed by atoms with Gasteiger partial charge in [-0.25, -0.2) is 4.99 Å². The predicted octanol–water partition coefficient (Wildman–Crippen LogP) is 4.09. The van der Waals surface area contributed by atoms with E-state index in [0.29, 0.717) is 6.04 Å². The second-order valence-corrected chi connectivity index (χ2v) is 7.49. The molecule has 26 heavy (non-hydrogen) atoms. The first kappa shape index (κ1) is 21.2. The second-order valence-electron chi connectivity index (χ2n) is 6.45. The molecule has 4 nitrogen and oxygen atoms in total. The van der Waals surface area contributed by atoms with E-state index in [-0.39, 0.29) is 24.0 Å². The fourth-order valence-electron chi connectivity index (χ4n) is 3.15. The number of nitrogens with zero attached hydrogens (tertiary/aromatic N) is 2. The molecule has 0 radical (unpaired) electrons. The zero-order valence-electron chi connectivity index (χ0n) is 15.4. The third-order valence-corrected chi connectivity index (χ3v) is 5.36. The Bertz CT molecular complexity index is 637. The molecule has 0 unspecified atom stereocenters. The standard InChI is InChI=1S/C20H28N4S.HI/c1-2-21-20(22-15-19-9-6-14-25-19)23-18-10-12-24(13-11-18)16-17-7-4-3-5-8-17;/h3-9,14,18H,2,10-13,15-16H2,1H3,(H2,21,22,23);1H. The van der Waals surface area contributed by atoms with Crippen molar-refractivity contribution in [2.45, 2.75) is 38.9 Å². The van der Waals surface area contributed by atoms with Crippen molar-refractivity contribution in [3.8, 4) is 0 Å². The molecule has 1 aromatic heterocycles. The van der Waals surface area contributed by atoms with Gasteiger partial charge in [-0.15, -0.1) is 35.3 Å². The second kappa shape index (κ2) is 11.6. The number of likely N-dealkylation sites (tertiary alicyclic amines) is 1. The Balaban J connectivity index is 0.00000243. The first-order valence-electron chi connectivity index (χ1n) is 9.17. The number of guanidine groups is 1. The normalized spacial score (nSPS) is 16.1. The summed E-state index contributed by atoms with van der Waals surface area (Å²) in [5, 5.41) is 9.10. The van der Waals surface area contributed by atoms with E-state index in [9.17, 15) is 0 Å². The fraction of sp³-hybridized carbons (Fsp3) is 0.450. The van der Waals surface area contributed by atoms with Gasteiger partial charge in [-0.05, 0) is 36.8 Å². The fourth-order valence-corrected chi connectivity index (χ4v) is 3.78. The highest BCUT2D eigenvalue weighted by molar-refractivity contribution is 14.0. The van der Waals surface area contributed by atoms with Gasteiger partial charge in [-0.1, -0.05) is 36.4 Å². The molecule has 1 aliphatic rings. The molecule has 1 aliphatic heterocycles. The summed E-state index contributed by atoms with van der Waals surface area (Å²) in [6.45, 7) is 7.08. The Labute approximate surface area is 178 Å². The topological polar surface area (TPSA) is 39.7 Å². The molecule has 2 aromatic rings. The van der Waals surface area contributed by atoms with Crippen LogP contribution in [0.25, 0.3) is 0 Å². The van der Waals surface area contributed by atoms with Crippen molar-refractivity contribution < 1.29 is 0 Å². The van der Waals surface area contributed by atoms with Crippen molar-refractivity contribution in [2.75, 3.05) is 19.6 Å². The molecular formula is C20H29IN4S. The number of thiophene rings is 1. The van der Waals surface area contributed by atoms with Gasteiger partial charge in [0.15, 0.2) is 5.96 Å². The lowest BCUT2D eigenvalue weighted by atomic mass is 10.0. The number of nitrogens with one attached hydrogen (secondary N) is 2. The van der Waals surface area contributed by atoms with Crippen LogP contribution in [0.2, 0.25) is 0 Å². The third-order valence-electron chi connectivity index (χ3n) is 4.49. The average Bonchev–Trinajstić information content (AvgIpc) is 3.16. The van der Waals surface area contributed by atoms with Crippen LogP contribution in [0.4, 0.5) is 0 Å². The zero-order chi connectivity index (χ0) is 17.3. The van der Waals surface area contributed by atoms with Gasteiger partial charge in [0.1, 0.15) is 0 Å². The molecule has 0 atom stereocenters. The van der Waals surface area contributed by atoms with E-state index in [2.05, 4.69) is 70.3 Å². The van der Waals surface area contributed by atoms with Crippen molar-refractivity contribution in [1.29, 1.82) is 0 Å². The molecule has 6 heteroatoms. The largest absolute Gasteiger partial charge is 0.357 e. The molecule has 0 spiro atoms. The molecule has 0 amide bonds. The summed E-state index contributed by atoms with van der Waals surface area (Å²) in [6.07, 6.45) is 2.33. The van der Waals surface area contributed by atoms with E-state index in [1.165, 1.54) is 10.4 Å². The van der Waals surface area contributed by atoms with E-state index < -0.39 is 0 Å². The molecule has 1 fully saturated rings. The highest BCUT2D eigenvalue weighted by atomic mass is 127. The number of benzene rings is 1. The number of rotatable bonds is 6. The number of hydrogen-bond acceptors (Lipinski definition) is 3. The summed E-state index contributed by atoms with van der Waals surface area (Å²) in [5.41, 5.74) is 1.40. The SMILES string of the molecule is CCNC(=NCc1cccs1)NC1CCN(Cc2ccccc2)CC1.I. The number of aliphatic imine (C=N–C) groups is 1. The highest BCUT2D eigenvalue weighted by Crippen LogP contribution is 2.14. The molecule has 0 aliphatic carbocycles. The summed E-state index contributed by atoms with van der Waals surface area (Å²) in [6, 6.07) is 15.5. The average molecular weight is 484 g/mol. The van der Waals surface area contributed by atoms with Crippen LogP contribution >= 0.6 is 35.3 Å². The van der Waals surface area contributed by atoms with E-state index >= 15 is 0 Å². The van der Waals surface area contributed by atoms with Crippen LogP contribution in [0, 0.1) is 0 Å². The Morgan fingerprint density at radius 3 is 2.58 bits per heavy atom. The first-order valence-corrected chi connectivity index (χ1v) is 10.0. The molecular weight excluding hydrogens is 455 g/mol. The van der Waals surface area contributed by atoms with Crippen molar-refractivity contribution >= 4 is 41.3 Å². The number of halogens is 1. The Morgan fingerprint density at radius 2 is 1.92 bits per heavy atom. The van der Waals surface area contributed by atoms with E-state index in [0.717, 1.165) is 51.5 Å². The van der Waals surface area contributed by atoms with Crippen LogP contribution in [0.5, 0.6) is 0 Å². The van der Waals surface area contributed by atoms with Crippen LogP contribution in [-0.2, 0) is 13.1 Å². The summed E-state index contributed by atoms with van der Waals surface area (Å²) >= 11 is 1.76. The molecule has 0 saturated carbocycles. The Kier molecular flexibility index (Phi) is 9.42. The minimum Gasteiger partial charge on any atom is -0.357 e. The van der Waals surface area contributed by atoms with Crippen LogP contribution < -0.4 is 10.6 Å². The summed E-state index contributed by atoms with van der Waals surface area (Å²) < 4.78 is 0. The molecule has 2 heterocycles. The monoisotopic (exact) mass is 484 g/mol. The van der Waals surface area contributed by atoms with Crippen LogP contribution in [0.3, 0.4) is 0 Å². The van der Waals surface area contributed by atoms with Gasteiger partial charge in [-0.2, -0.15) is 0 Å². The van der Waals surface area contributed by atoms with Crippen molar-refractivity contribution in [3.05, 3.63) is 58.3 Å². The van der Waals surface area contributed by atoms with Crippen molar-refractivity contribution in [1.82, 2.24) is 15.5 Å². The quantitative estimate of drug-likeness (QED) is 0.369. The van der Waals surface area contributed by atoms with Gasteiger partial charge < -0.3 is 10.6 Å². The minimum atomic E-state index is 0. The molecule has 0 bridgehead atoms. The van der Waals surface area contributed by atoms with Gasteiger partial charge >= 0.3 is 0 Å². The lowest BCUT2D eigenvalue weighted by Gasteiger charge is -2.33. The Hall–Kier alpha value is -1.12. The summed E-state index contributed by atoms with van der Waals surface area (Å²) in [5.74, 6) is 0.942. The van der Waals surface area contributed by atoms with Crippen molar-refractivity contribution in [2.24, 2.45) is 4.99 Å². The molecule has 2 N–H and O–H groups in total. The number of hydrogen-bond donors (Lipinski definition) is 2. The third kappa shape index (κ3) is 6.89. The van der Waals surface area contributed by atoms with Crippen LogP contribution in [0.15, 0.2) is 52.8 Å². The zero-order valence-corrected chi connectivity index (χ0v) is 18.5. The van der Waals surface area contributed by atoms with Gasteiger partial charge in [-0.3, -0.25) is 4.90 Å². The van der Waals surface area contributed by atoms with E-state index in [1.807, 2.05) is 0 Å². The Morgan fingerprint density at radius 1 is 1.15 bits per heavy atom. The lowest BCUT2D eigenvalue weighted by molar-refractivity contribution is 0.198. The van der Waals surface area contributed by atoms with Gasteiger partial charge in [0.05, 0.1) is 6.54 Å². The van der Waals surface area contributed by atoms with Crippen molar-refractivity contribution in [3.63, 3.8) is 0 Å². The summed E-state index contributed by atoms with van der Waals surface area (Å²) in [7, 11) is 0. The van der Waals surface area contributed by atoms with E-state index in [4.69, 9.17) is 4.99 Å². The maximum Gasteiger partial charge on any atom is 0.191 e. The first-order chi connectivity index (χ1) is 12.3. The summed E-state index contributed by atoms with van der Waals surface area (Å²) in [4.78, 5) is 8.57. The highest BCUT2D eigenvalue weighted by Gasteiger charge is 2.20. The van der Waals surface area contributed by atoms with Gasteiger partial charge in [0.2, 0.25) is 0 Å². The van der Waals surface area contributed by atoms with Gasteiger partial charge in [0, 0.05) is 37.1 Å². The molecule has 3 rings (SSSR count). The maximum atomic E-state index is 4.73. The van der Waals surface area contributed by atoms with E-state index in [1.54, 1.807) is 11.3 Å².